The highest BCUT2D eigenvalue weighted by Crippen LogP contribution is 2.23. The van der Waals surface area contributed by atoms with Crippen molar-refractivity contribution >= 4 is 23.3 Å². The molecule has 166 valence electrons. The fourth-order valence-corrected chi connectivity index (χ4v) is 4.41. The van der Waals surface area contributed by atoms with Crippen LogP contribution in [0.4, 0.5) is 14.9 Å². The van der Waals surface area contributed by atoms with Gasteiger partial charge in [0.2, 0.25) is 0 Å². The minimum atomic E-state index is -0.285. The number of likely N-dealkylation sites (tertiary alicyclic amines) is 1. The van der Waals surface area contributed by atoms with Crippen LogP contribution in [0.3, 0.4) is 0 Å². The normalized spacial score (nSPS) is 18.1. The van der Waals surface area contributed by atoms with Crippen molar-refractivity contribution in [1.82, 2.24) is 9.80 Å². The number of piperidine rings is 1. The van der Waals surface area contributed by atoms with Crippen LogP contribution in [-0.4, -0.2) is 61.7 Å². The van der Waals surface area contributed by atoms with E-state index in [1.165, 1.54) is 25.0 Å². The van der Waals surface area contributed by atoms with E-state index in [0.29, 0.717) is 19.0 Å². The summed E-state index contributed by atoms with van der Waals surface area (Å²) >= 11 is 5.90. The molecule has 0 atom stereocenters. The molecule has 2 aromatic carbocycles. The molecule has 31 heavy (non-hydrogen) atoms. The van der Waals surface area contributed by atoms with Gasteiger partial charge in [-0.3, -0.25) is 4.90 Å². The molecule has 2 heterocycles. The number of halogens is 2. The number of carbonyl (C=O) groups excluding carboxylic acids is 1. The summed E-state index contributed by atoms with van der Waals surface area (Å²) in [7, 11) is 0. The highest BCUT2D eigenvalue weighted by atomic mass is 35.5. The molecular formula is C24H29ClFN3O2. The molecule has 7 heteroatoms. The van der Waals surface area contributed by atoms with Crippen LogP contribution >= 0.6 is 11.6 Å². The third-order valence-corrected chi connectivity index (χ3v) is 6.49. The maximum absolute atomic E-state index is 13.1. The second-order valence-electron chi connectivity index (χ2n) is 8.27. The van der Waals surface area contributed by atoms with Gasteiger partial charge in [-0.05, 0) is 86.8 Å². The molecule has 2 aliphatic heterocycles. The zero-order valence-corrected chi connectivity index (χ0v) is 18.4. The zero-order valence-electron chi connectivity index (χ0n) is 17.7. The molecule has 0 spiro atoms. The van der Waals surface area contributed by atoms with E-state index >= 15 is 0 Å². The van der Waals surface area contributed by atoms with Gasteiger partial charge in [-0.1, -0.05) is 11.6 Å². The number of carbonyl (C=O) groups is 1. The summed E-state index contributed by atoms with van der Waals surface area (Å²) in [5.74, 6) is 1.27. The Labute approximate surface area is 188 Å². The number of benzene rings is 2. The van der Waals surface area contributed by atoms with Crippen LogP contribution in [0.15, 0.2) is 48.5 Å². The summed E-state index contributed by atoms with van der Waals surface area (Å²) in [6.45, 7) is 5.87. The molecule has 0 bridgehead atoms. The van der Waals surface area contributed by atoms with Crippen molar-refractivity contribution < 1.29 is 13.9 Å². The number of nitrogens with zero attached hydrogens (tertiary/aromatic N) is 3. The Morgan fingerprint density at radius 3 is 2.35 bits per heavy atom. The first-order valence-corrected chi connectivity index (χ1v) is 11.4. The SMILES string of the molecule is O=C1N(CCN2CCC(CCOc3ccc(Cl)cc3)CC2)CCN1c1ccc(F)cc1. The Kier molecular flexibility index (Phi) is 7.30. The van der Waals surface area contributed by atoms with Gasteiger partial charge in [-0.15, -0.1) is 0 Å². The Morgan fingerprint density at radius 1 is 0.935 bits per heavy atom. The van der Waals surface area contributed by atoms with Gasteiger partial charge in [-0.25, -0.2) is 9.18 Å². The molecule has 2 amide bonds. The lowest BCUT2D eigenvalue weighted by Crippen LogP contribution is -2.41. The molecule has 2 aromatic rings. The average Bonchev–Trinajstić information content (AvgIpc) is 3.15. The molecule has 4 rings (SSSR count). The van der Waals surface area contributed by atoms with E-state index in [9.17, 15) is 9.18 Å². The predicted octanol–water partition coefficient (Wildman–Crippen LogP) is 4.90. The minimum absolute atomic E-state index is 0.0147. The Bertz CT molecular complexity index is 854. The smallest absolute Gasteiger partial charge is 0.324 e. The third-order valence-electron chi connectivity index (χ3n) is 6.24. The fourth-order valence-electron chi connectivity index (χ4n) is 4.29. The van der Waals surface area contributed by atoms with E-state index in [0.717, 1.165) is 55.7 Å². The van der Waals surface area contributed by atoms with Crippen LogP contribution in [0.5, 0.6) is 5.75 Å². The number of hydrogen-bond acceptors (Lipinski definition) is 3. The molecule has 0 radical (unpaired) electrons. The molecule has 0 N–H and O–H groups in total. The highest BCUT2D eigenvalue weighted by molar-refractivity contribution is 6.30. The summed E-state index contributed by atoms with van der Waals surface area (Å²) in [5.41, 5.74) is 0.760. The Balaban J connectivity index is 1.14. The molecule has 2 aliphatic rings. The monoisotopic (exact) mass is 445 g/mol. The van der Waals surface area contributed by atoms with Crippen molar-refractivity contribution in [2.45, 2.75) is 19.3 Å². The third kappa shape index (κ3) is 5.89. The fraction of sp³-hybridized carbons (Fsp3) is 0.458. The van der Waals surface area contributed by atoms with Crippen molar-refractivity contribution in [3.8, 4) is 5.75 Å². The largest absolute Gasteiger partial charge is 0.494 e. The summed E-state index contributed by atoms with van der Waals surface area (Å²) < 4.78 is 19.0. The van der Waals surface area contributed by atoms with E-state index in [1.54, 1.807) is 17.0 Å². The van der Waals surface area contributed by atoms with Crippen LogP contribution in [0, 0.1) is 11.7 Å². The molecule has 0 aromatic heterocycles. The van der Waals surface area contributed by atoms with Crippen LogP contribution in [0.25, 0.3) is 0 Å². The summed E-state index contributed by atoms with van der Waals surface area (Å²) in [4.78, 5) is 18.8. The van der Waals surface area contributed by atoms with Gasteiger partial charge in [0.25, 0.3) is 0 Å². The van der Waals surface area contributed by atoms with E-state index in [1.807, 2.05) is 29.2 Å². The van der Waals surface area contributed by atoms with Crippen LogP contribution in [0.2, 0.25) is 5.02 Å². The zero-order chi connectivity index (χ0) is 21.6. The minimum Gasteiger partial charge on any atom is -0.494 e. The van der Waals surface area contributed by atoms with Crippen molar-refractivity contribution in [3.63, 3.8) is 0 Å². The van der Waals surface area contributed by atoms with Gasteiger partial charge in [-0.2, -0.15) is 0 Å². The van der Waals surface area contributed by atoms with Crippen molar-refractivity contribution in [3.05, 3.63) is 59.4 Å². The maximum atomic E-state index is 13.1. The van der Waals surface area contributed by atoms with Crippen molar-refractivity contribution in [2.24, 2.45) is 5.92 Å². The lowest BCUT2D eigenvalue weighted by atomic mass is 9.94. The van der Waals surface area contributed by atoms with Crippen LogP contribution < -0.4 is 9.64 Å². The topological polar surface area (TPSA) is 36.0 Å². The second-order valence-corrected chi connectivity index (χ2v) is 8.71. The summed E-state index contributed by atoms with van der Waals surface area (Å²) in [5, 5.41) is 0.721. The number of anilines is 1. The lowest BCUT2D eigenvalue weighted by molar-refractivity contribution is 0.151. The molecule has 2 saturated heterocycles. The van der Waals surface area contributed by atoms with Crippen molar-refractivity contribution in [1.29, 1.82) is 0 Å². The van der Waals surface area contributed by atoms with Crippen LogP contribution in [-0.2, 0) is 0 Å². The standard InChI is InChI=1S/C24H29ClFN3O2/c25-20-1-7-23(8-2-20)31-18-11-19-9-12-27(13-10-19)14-15-28-16-17-29(24(28)30)22-5-3-21(26)4-6-22/h1-8,19H,9-18H2. The lowest BCUT2D eigenvalue weighted by Gasteiger charge is -2.33. The van der Waals surface area contributed by atoms with E-state index in [2.05, 4.69) is 4.90 Å². The highest BCUT2D eigenvalue weighted by Gasteiger charge is 2.30. The molecule has 0 saturated carbocycles. The molecule has 2 fully saturated rings. The first-order valence-electron chi connectivity index (χ1n) is 11.0. The van der Waals surface area contributed by atoms with E-state index < -0.39 is 0 Å². The predicted molar refractivity (Wildman–Crippen MR) is 121 cm³/mol. The Morgan fingerprint density at radius 2 is 1.65 bits per heavy atom. The molecule has 0 unspecified atom stereocenters. The van der Waals surface area contributed by atoms with Gasteiger partial charge >= 0.3 is 6.03 Å². The number of amides is 2. The van der Waals surface area contributed by atoms with Gasteiger partial charge in [0.05, 0.1) is 6.61 Å². The van der Waals surface area contributed by atoms with E-state index in [-0.39, 0.29) is 11.8 Å². The first-order chi connectivity index (χ1) is 15.1. The second kappa shape index (κ2) is 10.3. The molecule has 5 nitrogen and oxygen atoms in total. The van der Waals surface area contributed by atoms with Gasteiger partial charge in [0, 0.05) is 36.9 Å². The average molecular weight is 446 g/mol. The number of rotatable bonds is 8. The van der Waals surface area contributed by atoms with Crippen molar-refractivity contribution in [2.75, 3.05) is 50.8 Å². The maximum Gasteiger partial charge on any atom is 0.324 e. The van der Waals surface area contributed by atoms with Gasteiger partial charge in [0.15, 0.2) is 0 Å². The van der Waals surface area contributed by atoms with Gasteiger partial charge in [0.1, 0.15) is 11.6 Å². The summed E-state index contributed by atoms with van der Waals surface area (Å²) in [6.07, 6.45) is 3.40. The Hall–Kier alpha value is -2.31. The molecular weight excluding hydrogens is 417 g/mol. The van der Waals surface area contributed by atoms with Gasteiger partial charge < -0.3 is 14.5 Å². The van der Waals surface area contributed by atoms with E-state index in [4.69, 9.17) is 16.3 Å². The van der Waals surface area contributed by atoms with Crippen LogP contribution in [0.1, 0.15) is 19.3 Å². The number of urea groups is 1. The summed E-state index contributed by atoms with van der Waals surface area (Å²) in [6, 6.07) is 13.6. The molecule has 0 aliphatic carbocycles. The number of hydrogen-bond donors (Lipinski definition) is 0. The first kappa shape index (κ1) is 21.9. The number of ether oxygens (including phenoxy) is 1. The quantitative estimate of drug-likeness (QED) is 0.579.